The molecule has 0 spiro atoms. The fourth-order valence-corrected chi connectivity index (χ4v) is 6.52. The molecule has 4 heterocycles. The van der Waals surface area contributed by atoms with Crippen LogP contribution in [0, 0.1) is 0 Å². The van der Waals surface area contributed by atoms with Crippen molar-refractivity contribution in [2.75, 3.05) is 6.61 Å². The molecule has 4 aromatic rings. The van der Waals surface area contributed by atoms with Gasteiger partial charge < -0.3 is 24.8 Å². The number of nitrogens with one attached hydrogen (secondary N) is 2. The fourth-order valence-electron chi connectivity index (χ4n) is 6.52. The van der Waals surface area contributed by atoms with Gasteiger partial charge in [-0.25, -0.2) is 4.79 Å². The van der Waals surface area contributed by atoms with Crippen molar-refractivity contribution in [3.05, 3.63) is 72.1 Å². The Kier molecular flexibility index (Phi) is 7.00. The summed E-state index contributed by atoms with van der Waals surface area (Å²) < 4.78 is 3.74. The third kappa shape index (κ3) is 4.01. The third-order valence-electron chi connectivity index (χ3n) is 8.80. The van der Waals surface area contributed by atoms with Crippen LogP contribution in [0.5, 0.6) is 0 Å². The van der Waals surface area contributed by atoms with Crippen molar-refractivity contribution < 1.29 is 24.3 Å². The Morgan fingerprint density at radius 2 is 1.45 bits per heavy atom. The molecule has 10 nitrogen and oxygen atoms in total. The first-order valence-corrected chi connectivity index (χ1v) is 14.4. The van der Waals surface area contributed by atoms with Crippen LogP contribution >= 0.6 is 0 Å². The van der Waals surface area contributed by atoms with Gasteiger partial charge >= 0.3 is 5.97 Å². The number of hydrogen-bond acceptors (Lipinski definition) is 7. The Hall–Kier alpha value is -4.25. The number of hydrogen-bond donors (Lipinski definition) is 4. The van der Waals surface area contributed by atoms with E-state index in [9.17, 15) is 19.5 Å². The minimum Gasteiger partial charge on any atom is -0.394 e. The summed E-state index contributed by atoms with van der Waals surface area (Å²) in [4.78, 5) is 45.2. The van der Waals surface area contributed by atoms with Crippen molar-refractivity contribution >= 4 is 50.7 Å². The Labute approximate surface area is 243 Å². The number of unbranched alkanes of at least 4 members (excludes halogenated alkanes) is 4. The number of aliphatic hydroxyl groups excluding tert-OH is 1. The van der Waals surface area contributed by atoms with Crippen molar-refractivity contribution in [1.82, 2.24) is 19.9 Å². The highest BCUT2D eigenvalue weighted by Crippen LogP contribution is 2.44. The number of rotatable bonds is 10. The minimum absolute atomic E-state index is 0.237. The molecule has 0 saturated carbocycles. The summed E-state index contributed by atoms with van der Waals surface area (Å²) in [7, 11) is 1.90. The van der Waals surface area contributed by atoms with Gasteiger partial charge in [-0.15, -0.1) is 5.48 Å². The smallest absolute Gasteiger partial charge is 0.351 e. The van der Waals surface area contributed by atoms with E-state index in [0.29, 0.717) is 34.9 Å². The number of amides is 2. The van der Waals surface area contributed by atoms with Crippen LogP contribution in [0.4, 0.5) is 0 Å². The number of hydroxylamine groups is 1. The highest BCUT2D eigenvalue weighted by atomic mass is 16.7. The standard InChI is InChI=1S/C32H35N5O5/c1-3-4-5-6-11-16-32(31(33,19-38)30(41)42-35-32)37-18-23(21-13-8-10-15-25(21)37)27-26(28(39)34-29(27)40)22-17-36(2)24-14-9-7-12-20(22)24/h7-10,12-15,17-18,35,38H,3-6,11,16,19,33H2,1-2H3,(H,34,39,40)/t31-,32?/m0/s1. The molecule has 1 saturated heterocycles. The van der Waals surface area contributed by atoms with E-state index in [1.807, 2.05) is 70.9 Å². The van der Waals surface area contributed by atoms with Gasteiger partial charge in [0.2, 0.25) is 0 Å². The average molecular weight is 570 g/mol. The molecule has 1 unspecified atom stereocenters. The number of fused-ring (bicyclic) bond motifs is 2. The molecule has 10 heteroatoms. The number of para-hydroxylation sites is 2. The molecule has 2 aliphatic rings. The fraction of sp³-hybridized carbons (Fsp3) is 0.344. The van der Waals surface area contributed by atoms with E-state index in [0.717, 1.165) is 36.6 Å². The maximum atomic E-state index is 13.5. The molecule has 0 bridgehead atoms. The Bertz CT molecular complexity index is 1770. The second kappa shape index (κ2) is 10.5. The van der Waals surface area contributed by atoms with Crippen molar-refractivity contribution in [3.8, 4) is 0 Å². The molecular formula is C32H35N5O5. The summed E-state index contributed by atoms with van der Waals surface area (Å²) in [5.41, 5.74) is 9.72. The normalized spacial score (nSPS) is 22.5. The van der Waals surface area contributed by atoms with Crippen LogP contribution in [0.2, 0.25) is 0 Å². The Morgan fingerprint density at radius 3 is 2.12 bits per heavy atom. The molecule has 2 aromatic heterocycles. The lowest BCUT2D eigenvalue weighted by molar-refractivity contribution is -0.147. The number of benzene rings is 2. The zero-order valence-corrected chi connectivity index (χ0v) is 23.8. The molecule has 0 aliphatic carbocycles. The van der Waals surface area contributed by atoms with Crippen LogP contribution in [0.3, 0.4) is 0 Å². The number of aliphatic hydroxyl groups is 1. The predicted molar refractivity (Wildman–Crippen MR) is 159 cm³/mol. The van der Waals surface area contributed by atoms with Crippen LogP contribution in [0.1, 0.15) is 56.6 Å². The summed E-state index contributed by atoms with van der Waals surface area (Å²) >= 11 is 0. The molecular weight excluding hydrogens is 534 g/mol. The van der Waals surface area contributed by atoms with Gasteiger partial charge in [0.15, 0.2) is 11.2 Å². The first-order valence-electron chi connectivity index (χ1n) is 14.4. The van der Waals surface area contributed by atoms with Gasteiger partial charge in [0, 0.05) is 46.9 Å². The number of aromatic nitrogens is 2. The van der Waals surface area contributed by atoms with Crippen molar-refractivity contribution in [2.45, 2.75) is 56.7 Å². The lowest BCUT2D eigenvalue weighted by Gasteiger charge is -2.39. The lowest BCUT2D eigenvalue weighted by atomic mass is 9.82. The van der Waals surface area contributed by atoms with Crippen LogP contribution < -0.4 is 16.5 Å². The topological polar surface area (TPSA) is 141 Å². The molecule has 42 heavy (non-hydrogen) atoms. The van der Waals surface area contributed by atoms with E-state index in [2.05, 4.69) is 17.7 Å². The number of nitrogens with zero attached hydrogens (tertiary/aromatic N) is 2. The van der Waals surface area contributed by atoms with Gasteiger partial charge in [-0.05, 0) is 25.0 Å². The third-order valence-corrected chi connectivity index (χ3v) is 8.80. The second-order valence-corrected chi connectivity index (χ2v) is 11.3. The number of nitrogens with two attached hydrogens (primary N) is 1. The first kappa shape index (κ1) is 27.9. The molecule has 0 radical (unpaired) electrons. The summed E-state index contributed by atoms with van der Waals surface area (Å²) in [5, 5.41) is 14.5. The molecule has 5 N–H and O–H groups in total. The number of carbonyl (C=O) groups is 3. The predicted octanol–water partition coefficient (Wildman–Crippen LogP) is 3.46. The maximum absolute atomic E-state index is 13.5. The van der Waals surface area contributed by atoms with E-state index in [4.69, 9.17) is 10.6 Å². The SMILES string of the molecule is CCCCCCCC1(n2cc(C3=C(c4cn(C)c5ccccc45)C(=O)NC3=O)c3ccccc32)NOC(=O)[C@@]1(N)CO. The van der Waals surface area contributed by atoms with E-state index < -0.39 is 35.6 Å². The Balaban J connectivity index is 1.59. The largest absolute Gasteiger partial charge is 0.394 e. The molecule has 2 aliphatic heterocycles. The van der Waals surface area contributed by atoms with E-state index >= 15 is 0 Å². The summed E-state index contributed by atoms with van der Waals surface area (Å²) in [6.07, 6.45) is 8.83. The maximum Gasteiger partial charge on any atom is 0.351 e. The molecule has 218 valence electrons. The lowest BCUT2D eigenvalue weighted by Crippen LogP contribution is -2.67. The van der Waals surface area contributed by atoms with Gasteiger partial charge in [0.05, 0.1) is 23.3 Å². The van der Waals surface area contributed by atoms with Gasteiger partial charge in [-0.1, -0.05) is 69.0 Å². The van der Waals surface area contributed by atoms with Gasteiger partial charge in [0.25, 0.3) is 11.8 Å². The van der Waals surface area contributed by atoms with Crippen LogP contribution in [0.25, 0.3) is 33.0 Å². The number of aryl methyl sites for hydroxylation is 1. The minimum atomic E-state index is -1.79. The zero-order valence-electron chi connectivity index (χ0n) is 23.8. The van der Waals surface area contributed by atoms with Crippen LogP contribution in [-0.4, -0.2) is 44.2 Å². The first-order chi connectivity index (χ1) is 20.3. The zero-order chi connectivity index (χ0) is 29.6. The highest BCUT2D eigenvalue weighted by molar-refractivity contribution is 6.50. The monoisotopic (exact) mass is 569 g/mol. The average Bonchev–Trinajstić information content (AvgIpc) is 3.69. The number of imide groups is 1. The highest BCUT2D eigenvalue weighted by Gasteiger charge is 2.62. The van der Waals surface area contributed by atoms with Crippen molar-refractivity contribution in [2.24, 2.45) is 12.8 Å². The number of carbonyl (C=O) groups excluding carboxylic acids is 3. The molecule has 2 aromatic carbocycles. The molecule has 2 atom stereocenters. The quantitative estimate of drug-likeness (QED) is 0.169. The van der Waals surface area contributed by atoms with Gasteiger partial charge in [0.1, 0.15) is 0 Å². The van der Waals surface area contributed by atoms with Crippen LogP contribution in [0.15, 0.2) is 60.9 Å². The van der Waals surface area contributed by atoms with E-state index in [1.54, 1.807) is 6.20 Å². The second-order valence-electron chi connectivity index (χ2n) is 11.3. The van der Waals surface area contributed by atoms with Gasteiger partial charge in [-0.3, -0.25) is 14.9 Å². The Morgan fingerprint density at radius 1 is 0.857 bits per heavy atom. The molecule has 2 amide bonds. The van der Waals surface area contributed by atoms with Crippen molar-refractivity contribution in [3.63, 3.8) is 0 Å². The van der Waals surface area contributed by atoms with Gasteiger partial charge in [-0.2, -0.15) is 0 Å². The summed E-state index contributed by atoms with van der Waals surface area (Å²) in [6.45, 7) is 1.49. The summed E-state index contributed by atoms with van der Waals surface area (Å²) in [5.74, 6) is -1.75. The molecule has 1 fully saturated rings. The van der Waals surface area contributed by atoms with Crippen molar-refractivity contribution in [1.29, 1.82) is 0 Å². The molecule has 6 rings (SSSR count). The van der Waals surface area contributed by atoms with Crippen LogP contribution in [-0.2, 0) is 31.9 Å². The summed E-state index contributed by atoms with van der Waals surface area (Å²) in [6, 6.07) is 15.2. The van der Waals surface area contributed by atoms with E-state index in [-0.39, 0.29) is 11.1 Å². The van der Waals surface area contributed by atoms with E-state index in [1.165, 1.54) is 0 Å².